The molecule has 0 unspecified atom stereocenters. The van der Waals surface area contributed by atoms with Crippen LogP contribution in [0.2, 0.25) is 0 Å². The number of nitrogens with one attached hydrogen (secondary N) is 1. The van der Waals surface area contributed by atoms with Crippen LogP contribution in [-0.4, -0.2) is 37.5 Å². The fourth-order valence-corrected chi connectivity index (χ4v) is 2.05. The largest absolute Gasteiger partial charge is 0.452 e. The Morgan fingerprint density at radius 1 is 1.12 bits per heavy atom. The third-order valence-corrected chi connectivity index (χ3v) is 3.32. The Morgan fingerprint density at radius 3 is 2.36 bits per heavy atom. The van der Waals surface area contributed by atoms with E-state index in [4.69, 9.17) is 4.74 Å². The summed E-state index contributed by atoms with van der Waals surface area (Å²) in [6.07, 6.45) is 0. The molecule has 0 bridgehead atoms. The Bertz CT molecular complexity index is 787. The normalized spacial score (nSPS) is 10.0. The topological polar surface area (TPSA) is 102 Å². The van der Waals surface area contributed by atoms with Crippen molar-refractivity contribution in [2.45, 2.75) is 0 Å². The van der Waals surface area contributed by atoms with Gasteiger partial charge in [0.1, 0.15) is 5.56 Å². The van der Waals surface area contributed by atoms with Crippen molar-refractivity contribution >= 4 is 28.9 Å². The van der Waals surface area contributed by atoms with Crippen LogP contribution in [0.1, 0.15) is 10.4 Å². The molecule has 0 saturated heterocycles. The van der Waals surface area contributed by atoms with Crippen LogP contribution in [0, 0.1) is 10.1 Å². The summed E-state index contributed by atoms with van der Waals surface area (Å²) in [5.74, 6) is -1.46. The molecule has 0 radical (unpaired) electrons. The van der Waals surface area contributed by atoms with E-state index in [0.717, 1.165) is 5.69 Å². The highest BCUT2D eigenvalue weighted by Crippen LogP contribution is 2.19. The molecule has 2 rings (SSSR count). The van der Waals surface area contributed by atoms with Crippen LogP contribution in [0.5, 0.6) is 0 Å². The summed E-state index contributed by atoms with van der Waals surface area (Å²) >= 11 is 0. The molecule has 2 aromatic rings. The fraction of sp³-hybridized carbons (Fsp3) is 0.176. The van der Waals surface area contributed by atoms with E-state index in [2.05, 4.69) is 5.32 Å². The van der Waals surface area contributed by atoms with E-state index in [1.165, 1.54) is 24.3 Å². The number of rotatable bonds is 6. The van der Waals surface area contributed by atoms with Crippen molar-refractivity contribution in [2.24, 2.45) is 0 Å². The molecule has 0 aliphatic heterocycles. The number of nitro benzene ring substituents is 1. The molecule has 0 aliphatic rings. The lowest BCUT2D eigenvalue weighted by molar-refractivity contribution is -0.385. The van der Waals surface area contributed by atoms with Crippen molar-refractivity contribution in [1.82, 2.24) is 0 Å². The van der Waals surface area contributed by atoms with Gasteiger partial charge < -0.3 is 15.0 Å². The molecule has 2 aromatic carbocycles. The fourth-order valence-electron chi connectivity index (χ4n) is 2.05. The molecule has 0 heterocycles. The highest BCUT2D eigenvalue weighted by molar-refractivity contribution is 5.97. The second-order valence-electron chi connectivity index (χ2n) is 5.34. The van der Waals surface area contributed by atoms with Gasteiger partial charge in [0.15, 0.2) is 6.61 Å². The van der Waals surface area contributed by atoms with Gasteiger partial charge in [0.25, 0.3) is 11.6 Å². The maximum atomic E-state index is 11.9. The number of amides is 1. The number of esters is 1. The number of hydrogen-bond donors (Lipinski definition) is 1. The van der Waals surface area contributed by atoms with Crippen LogP contribution in [0.3, 0.4) is 0 Å². The first-order valence-corrected chi connectivity index (χ1v) is 7.36. The lowest BCUT2D eigenvalue weighted by Gasteiger charge is -2.13. The number of hydrogen-bond acceptors (Lipinski definition) is 6. The number of nitrogens with zero attached hydrogens (tertiary/aromatic N) is 2. The van der Waals surface area contributed by atoms with Crippen molar-refractivity contribution in [3.05, 3.63) is 64.2 Å². The summed E-state index contributed by atoms with van der Waals surface area (Å²) in [5.41, 5.74) is 0.959. The van der Waals surface area contributed by atoms with Crippen molar-refractivity contribution in [3.8, 4) is 0 Å². The zero-order valence-corrected chi connectivity index (χ0v) is 13.8. The molecule has 8 nitrogen and oxygen atoms in total. The van der Waals surface area contributed by atoms with Crippen LogP contribution < -0.4 is 10.2 Å². The molecule has 1 amide bonds. The summed E-state index contributed by atoms with van der Waals surface area (Å²) in [5, 5.41) is 13.5. The minimum absolute atomic E-state index is 0.198. The minimum Gasteiger partial charge on any atom is -0.452 e. The smallest absolute Gasteiger partial charge is 0.345 e. The molecule has 8 heteroatoms. The van der Waals surface area contributed by atoms with Crippen molar-refractivity contribution in [1.29, 1.82) is 0 Å². The van der Waals surface area contributed by atoms with Gasteiger partial charge >= 0.3 is 5.97 Å². The Morgan fingerprint density at radius 2 is 1.76 bits per heavy atom. The van der Waals surface area contributed by atoms with E-state index in [0.29, 0.717) is 5.69 Å². The average Bonchev–Trinajstić information content (AvgIpc) is 2.60. The second-order valence-corrected chi connectivity index (χ2v) is 5.34. The molecular weight excluding hydrogens is 326 g/mol. The van der Waals surface area contributed by atoms with E-state index in [-0.39, 0.29) is 11.3 Å². The van der Waals surface area contributed by atoms with E-state index in [9.17, 15) is 19.7 Å². The molecule has 1 N–H and O–H groups in total. The van der Waals surface area contributed by atoms with Gasteiger partial charge in [-0.2, -0.15) is 0 Å². The SMILES string of the molecule is CN(C)c1ccc(NC(=O)COC(=O)c2ccccc2[N+](=O)[O-])cc1. The summed E-state index contributed by atoms with van der Waals surface area (Å²) in [6.45, 7) is -0.541. The van der Waals surface area contributed by atoms with Gasteiger partial charge in [-0.25, -0.2) is 4.79 Å². The van der Waals surface area contributed by atoms with E-state index < -0.39 is 23.4 Å². The first kappa shape index (κ1) is 17.9. The van der Waals surface area contributed by atoms with Crippen molar-refractivity contribution in [2.75, 3.05) is 30.9 Å². The van der Waals surface area contributed by atoms with Gasteiger partial charge in [0.05, 0.1) is 4.92 Å². The number of ether oxygens (including phenoxy) is 1. The molecule has 25 heavy (non-hydrogen) atoms. The van der Waals surface area contributed by atoms with E-state index in [1.54, 1.807) is 12.1 Å². The van der Waals surface area contributed by atoms with Gasteiger partial charge in [0.2, 0.25) is 0 Å². The monoisotopic (exact) mass is 343 g/mol. The quantitative estimate of drug-likeness (QED) is 0.491. The van der Waals surface area contributed by atoms with Gasteiger partial charge in [0, 0.05) is 31.5 Å². The standard InChI is InChI=1S/C17H17N3O5/c1-19(2)13-9-7-12(8-10-13)18-16(21)11-25-17(22)14-5-3-4-6-15(14)20(23)24/h3-10H,11H2,1-2H3,(H,18,21). The highest BCUT2D eigenvalue weighted by Gasteiger charge is 2.21. The number of carbonyl (C=O) groups excluding carboxylic acids is 2. The molecule has 0 spiro atoms. The average molecular weight is 343 g/mol. The third kappa shape index (κ3) is 4.77. The zero-order chi connectivity index (χ0) is 18.4. The Labute approximate surface area is 144 Å². The Hall–Kier alpha value is -3.42. The molecular formula is C17H17N3O5. The maximum absolute atomic E-state index is 11.9. The predicted molar refractivity (Wildman–Crippen MR) is 92.8 cm³/mol. The summed E-state index contributed by atoms with van der Waals surface area (Å²) in [4.78, 5) is 35.9. The van der Waals surface area contributed by atoms with Crippen molar-refractivity contribution < 1.29 is 19.2 Å². The molecule has 0 atom stereocenters. The number of carbonyl (C=O) groups is 2. The van der Waals surface area contributed by atoms with Gasteiger partial charge in [-0.3, -0.25) is 14.9 Å². The molecule has 0 fully saturated rings. The zero-order valence-electron chi connectivity index (χ0n) is 13.8. The van der Waals surface area contributed by atoms with Crippen LogP contribution in [-0.2, 0) is 9.53 Å². The van der Waals surface area contributed by atoms with Crippen LogP contribution >= 0.6 is 0 Å². The van der Waals surface area contributed by atoms with Crippen LogP contribution in [0.15, 0.2) is 48.5 Å². The van der Waals surface area contributed by atoms with Crippen LogP contribution in [0.25, 0.3) is 0 Å². The molecule has 130 valence electrons. The van der Waals surface area contributed by atoms with Crippen molar-refractivity contribution in [3.63, 3.8) is 0 Å². The maximum Gasteiger partial charge on any atom is 0.345 e. The Balaban J connectivity index is 1.93. The second kappa shape index (κ2) is 7.91. The summed E-state index contributed by atoms with van der Waals surface area (Å²) < 4.78 is 4.85. The van der Waals surface area contributed by atoms with Gasteiger partial charge in [-0.1, -0.05) is 12.1 Å². The van der Waals surface area contributed by atoms with Gasteiger partial charge in [-0.15, -0.1) is 0 Å². The first-order chi connectivity index (χ1) is 11.9. The lowest BCUT2D eigenvalue weighted by Crippen LogP contribution is -2.21. The van der Waals surface area contributed by atoms with Crippen LogP contribution in [0.4, 0.5) is 17.1 Å². The number of para-hydroxylation sites is 1. The van der Waals surface area contributed by atoms with E-state index >= 15 is 0 Å². The highest BCUT2D eigenvalue weighted by atomic mass is 16.6. The lowest BCUT2D eigenvalue weighted by atomic mass is 10.2. The number of anilines is 2. The third-order valence-electron chi connectivity index (χ3n) is 3.32. The number of benzene rings is 2. The first-order valence-electron chi connectivity index (χ1n) is 7.36. The predicted octanol–water partition coefficient (Wildman–Crippen LogP) is 2.46. The van der Waals surface area contributed by atoms with Gasteiger partial charge in [-0.05, 0) is 30.3 Å². The minimum atomic E-state index is -0.926. The number of nitro groups is 1. The summed E-state index contributed by atoms with van der Waals surface area (Å²) in [7, 11) is 3.80. The Kier molecular flexibility index (Phi) is 5.67. The molecule has 0 aromatic heterocycles. The van der Waals surface area contributed by atoms with E-state index in [1.807, 2.05) is 31.1 Å². The molecule has 0 aliphatic carbocycles. The summed E-state index contributed by atoms with van der Waals surface area (Å²) in [6, 6.07) is 12.5. The molecule has 0 saturated carbocycles.